The zero-order valence-electron chi connectivity index (χ0n) is 12.5. The lowest BCUT2D eigenvalue weighted by Crippen LogP contribution is -2.20. The van der Waals surface area contributed by atoms with Gasteiger partial charge in [-0.3, -0.25) is 4.21 Å². The van der Waals surface area contributed by atoms with Crippen LogP contribution in [-0.2, 0) is 10.8 Å². The summed E-state index contributed by atoms with van der Waals surface area (Å²) in [6, 6.07) is 0.428. The van der Waals surface area contributed by atoms with Crippen molar-refractivity contribution < 1.29 is 8.95 Å². The van der Waals surface area contributed by atoms with E-state index in [1.807, 2.05) is 20.8 Å². The molecule has 0 amide bonds. The first-order chi connectivity index (χ1) is 9.55. The van der Waals surface area contributed by atoms with Crippen molar-refractivity contribution in [3.05, 3.63) is 0 Å². The molecule has 1 heterocycles. The van der Waals surface area contributed by atoms with Crippen LogP contribution in [0.2, 0.25) is 0 Å². The first-order valence-electron chi connectivity index (χ1n) is 6.74. The minimum atomic E-state index is -0.789. The van der Waals surface area contributed by atoms with Crippen LogP contribution < -0.4 is 15.4 Å². The van der Waals surface area contributed by atoms with Gasteiger partial charge in [-0.1, -0.05) is 0 Å². The molecule has 0 fully saturated rings. The fourth-order valence-corrected chi connectivity index (χ4v) is 2.17. The second kappa shape index (κ2) is 8.68. The molecule has 0 radical (unpaired) electrons. The predicted molar refractivity (Wildman–Crippen MR) is 81.8 cm³/mol. The summed E-state index contributed by atoms with van der Waals surface area (Å²) < 4.78 is 16.4. The molecule has 0 aliphatic rings. The standard InChI is InChI=1S/C12H23N5O2S/c1-5-13-10-15-11(17-12(16-10)19-6-2)14-9(3)7-8-20(4)18/h9H,5-8H2,1-4H3,(H2,13,14,15,16,17). The Morgan fingerprint density at radius 1 is 1.25 bits per heavy atom. The highest BCUT2D eigenvalue weighted by atomic mass is 32.2. The number of aromatic nitrogens is 3. The number of ether oxygens (including phenoxy) is 1. The van der Waals surface area contributed by atoms with E-state index in [-0.39, 0.29) is 6.04 Å². The van der Waals surface area contributed by atoms with Crippen molar-refractivity contribution in [1.29, 1.82) is 0 Å². The quantitative estimate of drug-likeness (QED) is 0.710. The van der Waals surface area contributed by atoms with E-state index in [0.29, 0.717) is 30.3 Å². The first kappa shape index (κ1) is 16.6. The highest BCUT2D eigenvalue weighted by Crippen LogP contribution is 2.12. The summed E-state index contributed by atoms with van der Waals surface area (Å²) in [5, 5.41) is 6.22. The Labute approximate surface area is 122 Å². The Morgan fingerprint density at radius 2 is 1.95 bits per heavy atom. The van der Waals surface area contributed by atoms with Crippen molar-refractivity contribution in [2.45, 2.75) is 33.2 Å². The van der Waals surface area contributed by atoms with Crippen molar-refractivity contribution in [2.24, 2.45) is 0 Å². The van der Waals surface area contributed by atoms with Gasteiger partial charge in [0, 0.05) is 35.4 Å². The van der Waals surface area contributed by atoms with Crippen LogP contribution in [0.5, 0.6) is 6.01 Å². The van der Waals surface area contributed by atoms with Gasteiger partial charge in [-0.25, -0.2) is 0 Å². The Kier molecular flexibility index (Phi) is 7.21. The molecular formula is C12H23N5O2S. The monoisotopic (exact) mass is 301 g/mol. The zero-order chi connectivity index (χ0) is 15.0. The van der Waals surface area contributed by atoms with Crippen molar-refractivity contribution in [3.8, 4) is 6.01 Å². The van der Waals surface area contributed by atoms with E-state index in [1.54, 1.807) is 6.26 Å². The molecule has 8 heteroatoms. The Morgan fingerprint density at radius 3 is 2.55 bits per heavy atom. The van der Waals surface area contributed by atoms with Gasteiger partial charge in [-0.05, 0) is 27.2 Å². The zero-order valence-corrected chi connectivity index (χ0v) is 13.3. The van der Waals surface area contributed by atoms with Crippen LogP contribution in [0.25, 0.3) is 0 Å². The smallest absolute Gasteiger partial charge is 0.323 e. The van der Waals surface area contributed by atoms with Crippen LogP contribution in [-0.4, -0.2) is 50.4 Å². The van der Waals surface area contributed by atoms with Crippen LogP contribution in [0.1, 0.15) is 27.2 Å². The van der Waals surface area contributed by atoms with Gasteiger partial charge in [0.05, 0.1) is 6.61 Å². The molecule has 0 saturated heterocycles. The second-order valence-electron chi connectivity index (χ2n) is 4.34. The van der Waals surface area contributed by atoms with Crippen LogP contribution >= 0.6 is 0 Å². The van der Waals surface area contributed by atoms with Gasteiger partial charge in [0.2, 0.25) is 11.9 Å². The van der Waals surface area contributed by atoms with E-state index in [9.17, 15) is 4.21 Å². The molecule has 1 aromatic rings. The summed E-state index contributed by atoms with van der Waals surface area (Å²) >= 11 is 0. The van der Waals surface area contributed by atoms with Crippen molar-refractivity contribution in [3.63, 3.8) is 0 Å². The Bertz CT molecular complexity index is 420. The van der Waals surface area contributed by atoms with E-state index < -0.39 is 10.8 Å². The highest BCUT2D eigenvalue weighted by Gasteiger charge is 2.10. The third kappa shape index (κ3) is 6.14. The molecule has 20 heavy (non-hydrogen) atoms. The molecule has 1 rings (SSSR count). The van der Waals surface area contributed by atoms with Gasteiger partial charge in [-0.15, -0.1) is 0 Å². The second-order valence-corrected chi connectivity index (χ2v) is 5.89. The van der Waals surface area contributed by atoms with Crippen molar-refractivity contribution in [2.75, 3.05) is 35.8 Å². The average molecular weight is 301 g/mol. The maximum absolute atomic E-state index is 11.1. The fraction of sp³-hybridized carbons (Fsp3) is 0.750. The summed E-state index contributed by atoms with van der Waals surface area (Å²) in [4.78, 5) is 12.6. The highest BCUT2D eigenvalue weighted by molar-refractivity contribution is 7.84. The molecule has 2 atom stereocenters. The minimum absolute atomic E-state index is 0.130. The number of nitrogens with zero attached hydrogens (tertiary/aromatic N) is 3. The molecular weight excluding hydrogens is 278 g/mol. The van der Waals surface area contributed by atoms with Crippen LogP contribution in [0.15, 0.2) is 0 Å². The number of hydrogen-bond donors (Lipinski definition) is 2. The number of hydrogen-bond acceptors (Lipinski definition) is 7. The van der Waals surface area contributed by atoms with Crippen molar-refractivity contribution in [1.82, 2.24) is 15.0 Å². The maximum atomic E-state index is 11.1. The molecule has 0 aliphatic carbocycles. The lowest BCUT2D eigenvalue weighted by molar-refractivity contribution is 0.312. The van der Waals surface area contributed by atoms with E-state index in [4.69, 9.17) is 4.74 Å². The fourth-order valence-electron chi connectivity index (χ4n) is 1.49. The normalized spacial score (nSPS) is 13.6. The first-order valence-corrected chi connectivity index (χ1v) is 8.47. The molecule has 0 aliphatic heterocycles. The molecule has 7 nitrogen and oxygen atoms in total. The average Bonchev–Trinajstić information content (AvgIpc) is 2.37. The lowest BCUT2D eigenvalue weighted by Gasteiger charge is -2.14. The number of rotatable bonds is 9. The minimum Gasteiger partial charge on any atom is -0.464 e. The van der Waals surface area contributed by atoms with Gasteiger partial charge in [-0.2, -0.15) is 15.0 Å². The molecule has 2 unspecified atom stereocenters. The van der Waals surface area contributed by atoms with Crippen LogP contribution in [0.4, 0.5) is 11.9 Å². The van der Waals surface area contributed by atoms with Gasteiger partial charge < -0.3 is 15.4 Å². The van der Waals surface area contributed by atoms with E-state index in [2.05, 4.69) is 25.6 Å². The largest absolute Gasteiger partial charge is 0.464 e. The molecule has 114 valence electrons. The number of nitrogens with one attached hydrogen (secondary N) is 2. The summed E-state index contributed by atoms with van der Waals surface area (Å²) in [6.45, 7) is 7.07. The Hall–Kier alpha value is -1.44. The predicted octanol–water partition coefficient (Wildman–Crippen LogP) is 1.27. The van der Waals surface area contributed by atoms with E-state index >= 15 is 0 Å². The summed E-state index contributed by atoms with van der Waals surface area (Å²) in [5.74, 6) is 1.60. The SMILES string of the molecule is CCNc1nc(NC(C)CCS(C)=O)nc(OCC)n1. The molecule has 0 saturated carbocycles. The Balaban J connectivity index is 2.73. The topological polar surface area (TPSA) is 89.0 Å². The van der Waals surface area contributed by atoms with Gasteiger partial charge in [0.15, 0.2) is 0 Å². The third-order valence-electron chi connectivity index (χ3n) is 2.44. The summed E-state index contributed by atoms with van der Waals surface area (Å²) in [6.07, 6.45) is 2.49. The van der Waals surface area contributed by atoms with Crippen LogP contribution in [0, 0.1) is 0 Å². The van der Waals surface area contributed by atoms with Gasteiger partial charge in [0.25, 0.3) is 0 Å². The third-order valence-corrected chi connectivity index (χ3v) is 3.25. The van der Waals surface area contributed by atoms with Crippen LogP contribution in [0.3, 0.4) is 0 Å². The van der Waals surface area contributed by atoms with E-state index in [0.717, 1.165) is 13.0 Å². The molecule has 1 aromatic heterocycles. The van der Waals surface area contributed by atoms with Gasteiger partial charge >= 0.3 is 6.01 Å². The lowest BCUT2D eigenvalue weighted by atomic mass is 10.3. The molecule has 2 N–H and O–H groups in total. The summed E-state index contributed by atoms with van der Waals surface area (Å²) in [7, 11) is -0.789. The van der Waals surface area contributed by atoms with Gasteiger partial charge in [0.1, 0.15) is 0 Å². The van der Waals surface area contributed by atoms with E-state index in [1.165, 1.54) is 0 Å². The molecule has 0 bridgehead atoms. The molecule has 0 spiro atoms. The summed E-state index contributed by atoms with van der Waals surface area (Å²) in [5.41, 5.74) is 0. The maximum Gasteiger partial charge on any atom is 0.323 e. The van der Waals surface area contributed by atoms with Crippen molar-refractivity contribution >= 4 is 22.7 Å². The molecule has 0 aromatic carbocycles. The number of anilines is 2.